The van der Waals surface area contributed by atoms with Crippen LogP contribution in [0.15, 0.2) is 0 Å². The van der Waals surface area contributed by atoms with Gasteiger partial charge in [-0.1, -0.05) is 201 Å². The smallest absolute Gasteiger partial charge is 0.247 e. The van der Waals surface area contributed by atoms with Crippen LogP contribution in [0.2, 0.25) is 0 Å². The van der Waals surface area contributed by atoms with Gasteiger partial charge in [0.2, 0.25) is 5.84 Å². The molecule has 0 aromatic rings. The van der Waals surface area contributed by atoms with Crippen molar-refractivity contribution in [3.63, 3.8) is 0 Å². The van der Waals surface area contributed by atoms with Crippen LogP contribution in [0, 0.1) is 0 Å². The maximum absolute atomic E-state index is 2.86. The van der Waals surface area contributed by atoms with E-state index in [-0.39, 0.29) is 0 Å². The topological polar surface area (TPSA) is 6.25 Å². The van der Waals surface area contributed by atoms with Gasteiger partial charge in [-0.15, -0.1) is 0 Å². The van der Waals surface area contributed by atoms with Gasteiger partial charge in [-0.2, -0.15) is 0 Å². The minimum Gasteiger partial charge on any atom is -0.262 e. The first-order valence-corrected chi connectivity index (χ1v) is 21.2. The second-order valence-corrected chi connectivity index (χ2v) is 14.7. The van der Waals surface area contributed by atoms with Gasteiger partial charge in [0.25, 0.3) is 0 Å². The zero-order valence-electron chi connectivity index (χ0n) is 31.4. The highest BCUT2D eigenvalue weighted by atomic mass is 15.3. The molecule has 0 spiro atoms. The van der Waals surface area contributed by atoms with E-state index in [4.69, 9.17) is 0 Å². The number of hydrogen-bond acceptors (Lipinski definition) is 1. The molecule has 44 heavy (non-hydrogen) atoms. The molecule has 0 radical (unpaired) electrons. The molecule has 0 bridgehead atoms. The number of amidine groups is 1. The van der Waals surface area contributed by atoms with Crippen LogP contribution in [0.1, 0.15) is 240 Å². The summed E-state index contributed by atoms with van der Waals surface area (Å²) in [5, 5.41) is 0. The van der Waals surface area contributed by atoms with Crippen LogP contribution in [0.3, 0.4) is 0 Å². The molecule has 2 nitrogen and oxygen atoms in total. The van der Waals surface area contributed by atoms with E-state index in [9.17, 15) is 0 Å². The minimum absolute atomic E-state index is 0.778. The average molecular weight is 618 g/mol. The fraction of sp³-hybridized carbons (Fsp3) is 0.976. The molecular weight excluding hydrogens is 532 g/mol. The lowest BCUT2D eigenvalue weighted by molar-refractivity contribution is -0.515. The van der Waals surface area contributed by atoms with Crippen LogP contribution in [0.4, 0.5) is 0 Å². The average Bonchev–Trinajstić information content (AvgIpc) is 3.45. The number of nitrogens with zero attached hydrogens (tertiary/aromatic N) is 2. The number of rotatable bonds is 35. The predicted octanol–water partition coefficient (Wildman–Crippen LogP) is 14.0. The number of hydrogen-bond donors (Lipinski definition) is 0. The highest BCUT2D eigenvalue weighted by Gasteiger charge is 2.34. The van der Waals surface area contributed by atoms with Gasteiger partial charge in [-0.3, -0.25) is 9.48 Å². The van der Waals surface area contributed by atoms with Crippen molar-refractivity contribution >= 4 is 5.84 Å². The molecule has 0 fully saturated rings. The summed E-state index contributed by atoms with van der Waals surface area (Å²) in [6.45, 7) is 13.2. The molecule has 1 unspecified atom stereocenters. The standard InChI is InChI=1S/C42H85N2/c1-5-9-11-13-15-17-19-21-23-25-27-29-31-33-35-37-41(7-3)44-40-39-43(8-4)42(44)38-36-34-32-30-28-26-24-22-20-18-16-14-12-10-6-2/h41H,5-40H2,1-4H3/q+1. The third-order valence-corrected chi connectivity index (χ3v) is 10.7. The highest BCUT2D eigenvalue weighted by molar-refractivity contribution is 5.78. The predicted molar refractivity (Wildman–Crippen MR) is 201 cm³/mol. The summed E-state index contributed by atoms with van der Waals surface area (Å²) < 4.78 is 2.71. The van der Waals surface area contributed by atoms with Gasteiger partial charge in [-0.05, 0) is 32.6 Å². The maximum Gasteiger partial charge on any atom is 0.247 e. The van der Waals surface area contributed by atoms with E-state index in [1.165, 1.54) is 232 Å². The summed E-state index contributed by atoms with van der Waals surface area (Å²) in [6.07, 6.45) is 47.8. The lowest BCUT2D eigenvalue weighted by atomic mass is 10.0. The Morgan fingerprint density at radius 1 is 0.455 bits per heavy atom. The Morgan fingerprint density at radius 3 is 1.14 bits per heavy atom. The Morgan fingerprint density at radius 2 is 0.795 bits per heavy atom. The Kier molecular flexibility index (Phi) is 30.6. The SMILES string of the molecule is CCCCCCCCCCCCCCCCCC1=[N+](CC)CCN1C(CC)CCCCCCCCCCCCCCCCC. The molecule has 0 saturated carbocycles. The molecule has 0 amide bonds. The fourth-order valence-corrected chi connectivity index (χ4v) is 7.69. The molecule has 0 aromatic heterocycles. The Bertz CT molecular complexity index is 611. The van der Waals surface area contributed by atoms with Gasteiger partial charge in [0.05, 0.1) is 12.6 Å². The van der Waals surface area contributed by atoms with Crippen molar-refractivity contribution in [3.05, 3.63) is 0 Å². The van der Waals surface area contributed by atoms with Gasteiger partial charge in [0.1, 0.15) is 13.1 Å². The third-order valence-electron chi connectivity index (χ3n) is 10.7. The monoisotopic (exact) mass is 618 g/mol. The first-order valence-electron chi connectivity index (χ1n) is 21.2. The van der Waals surface area contributed by atoms with E-state index in [1.807, 2.05) is 0 Å². The third kappa shape index (κ3) is 22.9. The molecule has 0 saturated heterocycles. The van der Waals surface area contributed by atoms with E-state index in [0.29, 0.717) is 0 Å². The number of likely N-dealkylation sites (N-methyl/N-ethyl adjacent to an activating group) is 1. The highest BCUT2D eigenvalue weighted by Crippen LogP contribution is 2.21. The summed E-state index contributed by atoms with van der Waals surface area (Å²) in [6, 6.07) is 0.778. The molecule has 0 aromatic carbocycles. The summed E-state index contributed by atoms with van der Waals surface area (Å²) in [7, 11) is 0. The van der Waals surface area contributed by atoms with Crippen molar-refractivity contribution in [2.75, 3.05) is 19.6 Å². The van der Waals surface area contributed by atoms with E-state index in [0.717, 1.165) is 6.04 Å². The van der Waals surface area contributed by atoms with Crippen molar-refractivity contribution in [3.8, 4) is 0 Å². The molecule has 2 heteroatoms. The zero-order valence-corrected chi connectivity index (χ0v) is 31.4. The lowest BCUT2D eigenvalue weighted by Crippen LogP contribution is -2.38. The first-order chi connectivity index (χ1) is 21.8. The normalized spacial score (nSPS) is 14.3. The Hall–Kier alpha value is -0.530. The van der Waals surface area contributed by atoms with Gasteiger partial charge in [0, 0.05) is 6.42 Å². The summed E-state index contributed by atoms with van der Waals surface area (Å²) in [5.41, 5.74) is 0. The van der Waals surface area contributed by atoms with E-state index < -0.39 is 0 Å². The minimum atomic E-state index is 0.778. The Balaban J connectivity index is 2.06. The first kappa shape index (κ1) is 41.5. The molecule has 0 aliphatic carbocycles. The van der Waals surface area contributed by atoms with Gasteiger partial charge in [0.15, 0.2) is 0 Å². The van der Waals surface area contributed by atoms with Crippen LogP contribution in [0.25, 0.3) is 0 Å². The maximum atomic E-state index is 2.86. The van der Waals surface area contributed by atoms with Crippen molar-refractivity contribution in [1.82, 2.24) is 4.90 Å². The molecule has 262 valence electrons. The molecule has 1 aliphatic rings. The van der Waals surface area contributed by atoms with Crippen molar-refractivity contribution in [2.45, 2.75) is 246 Å². The summed E-state index contributed by atoms with van der Waals surface area (Å²) >= 11 is 0. The van der Waals surface area contributed by atoms with Crippen LogP contribution in [-0.2, 0) is 0 Å². The second-order valence-electron chi connectivity index (χ2n) is 14.7. The van der Waals surface area contributed by atoms with Gasteiger partial charge in [-0.25, -0.2) is 0 Å². The molecule has 1 aliphatic heterocycles. The van der Waals surface area contributed by atoms with Gasteiger partial charge < -0.3 is 0 Å². The van der Waals surface area contributed by atoms with Crippen molar-refractivity contribution in [1.29, 1.82) is 0 Å². The molecule has 1 atom stereocenters. The van der Waals surface area contributed by atoms with Crippen LogP contribution in [-0.4, -0.2) is 41.0 Å². The summed E-state index contributed by atoms with van der Waals surface area (Å²) in [4.78, 5) is 2.86. The molecule has 1 heterocycles. The molecule has 1 rings (SSSR count). The van der Waals surface area contributed by atoms with Gasteiger partial charge >= 0.3 is 0 Å². The largest absolute Gasteiger partial charge is 0.262 e. The van der Waals surface area contributed by atoms with Crippen molar-refractivity contribution < 1.29 is 4.58 Å². The van der Waals surface area contributed by atoms with Crippen LogP contribution < -0.4 is 0 Å². The molecular formula is C42H85N2+. The van der Waals surface area contributed by atoms with Crippen LogP contribution >= 0.6 is 0 Å². The second kappa shape index (κ2) is 32.4. The molecule has 0 N–H and O–H groups in total. The van der Waals surface area contributed by atoms with E-state index >= 15 is 0 Å². The zero-order chi connectivity index (χ0) is 31.8. The van der Waals surface area contributed by atoms with Crippen molar-refractivity contribution in [2.24, 2.45) is 0 Å². The fourth-order valence-electron chi connectivity index (χ4n) is 7.69. The van der Waals surface area contributed by atoms with E-state index in [1.54, 1.807) is 5.84 Å². The van der Waals surface area contributed by atoms with Crippen LogP contribution in [0.5, 0.6) is 0 Å². The Labute approximate surface area is 280 Å². The summed E-state index contributed by atoms with van der Waals surface area (Å²) in [5.74, 6) is 1.70. The number of unbranched alkanes of at least 4 members (excludes halogenated alkanes) is 28. The van der Waals surface area contributed by atoms with E-state index in [2.05, 4.69) is 37.2 Å². The lowest BCUT2D eigenvalue weighted by Gasteiger charge is -2.23. The quantitative estimate of drug-likeness (QED) is 0.0506.